The van der Waals surface area contributed by atoms with E-state index < -0.39 is 0 Å². The van der Waals surface area contributed by atoms with Gasteiger partial charge in [-0.1, -0.05) is 23.3 Å². The van der Waals surface area contributed by atoms with E-state index in [4.69, 9.17) is 18.8 Å². The zero-order valence-electron chi connectivity index (χ0n) is 17.8. The van der Waals surface area contributed by atoms with Crippen LogP contribution in [0.15, 0.2) is 27.2 Å². The van der Waals surface area contributed by atoms with Gasteiger partial charge in [0.05, 0.1) is 47.9 Å². The molecule has 4 rings (SSSR count). The van der Waals surface area contributed by atoms with Gasteiger partial charge >= 0.3 is 0 Å². The number of pyridine rings is 1. The monoisotopic (exact) mass is 410 g/mol. The van der Waals surface area contributed by atoms with Crippen molar-refractivity contribution in [2.45, 2.75) is 46.6 Å². The highest BCUT2D eigenvalue weighted by Crippen LogP contribution is 2.29. The normalized spacial score (nSPS) is 16.8. The second-order valence-corrected chi connectivity index (χ2v) is 7.55. The third kappa shape index (κ3) is 3.87. The van der Waals surface area contributed by atoms with Gasteiger partial charge in [-0.3, -0.25) is 4.79 Å². The Balaban J connectivity index is 1.52. The van der Waals surface area contributed by atoms with E-state index in [9.17, 15) is 4.79 Å². The van der Waals surface area contributed by atoms with E-state index in [1.54, 1.807) is 0 Å². The molecular formula is C22H26N4O4. The van der Waals surface area contributed by atoms with Gasteiger partial charge in [-0.25, -0.2) is 4.98 Å². The molecule has 1 saturated heterocycles. The second kappa shape index (κ2) is 8.39. The van der Waals surface area contributed by atoms with E-state index >= 15 is 0 Å². The lowest BCUT2D eigenvalue weighted by Crippen LogP contribution is -2.43. The molecule has 1 fully saturated rings. The van der Waals surface area contributed by atoms with Crippen LogP contribution in [-0.4, -0.2) is 45.8 Å². The SMILES string of the molecule is CCc1onc(C)c1-c1cccc([C@H]2CN(C(=O)Cc3c(C)noc3C)CCO2)n1. The average Bonchev–Trinajstić information content (AvgIpc) is 3.30. The molecule has 30 heavy (non-hydrogen) atoms. The number of nitrogens with zero attached hydrogens (tertiary/aromatic N) is 4. The number of rotatable bonds is 5. The number of carbonyl (C=O) groups excluding carboxylic acids is 1. The molecule has 158 valence electrons. The van der Waals surface area contributed by atoms with Crippen molar-refractivity contribution in [3.05, 3.63) is 52.4 Å². The van der Waals surface area contributed by atoms with Gasteiger partial charge in [-0.15, -0.1) is 0 Å². The van der Waals surface area contributed by atoms with Gasteiger partial charge < -0.3 is 18.7 Å². The highest BCUT2D eigenvalue weighted by Gasteiger charge is 2.28. The number of hydrogen-bond acceptors (Lipinski definition) is 7. The van der Waals surface area contributed by atoms with Gasteiger partial charge in [-0.05, 0) is 32.9 Å². The first-order valence-corrected chi connectivity index (χ1v) is 10.2. The number of aromatic nitrogens is 3. The first-order valence-electron chi connectivity index (χ1n) is 10.2. The van der Waals surface area contributed by atoms with Crippen molar-refractivity contribution in [3.8, 4) is 11.3 Å². The predicted molar refractivity (Wildman–Crippen MR) is 109 cm³/mol. The second-order valence-electron chi connectivity index (χ2n) is 7.55. The Morgan fingerprint density at radius 3 is 2.70 bits per heavy atom. The molecule has 4 heterocycles. The van der Waals surface area contributed by atoms with Crippen LogP contribution in [0.1, 0.15) is 47.2 Å². The number of carbonyl (C=O) groups is 1. The first kappa shape index (κ1) is 20.3. The maximum absolute atomic E-state index is 12.9. The van der Waals surface area contributed by atoms with Crippen LogP contribution >= 0.6 is 0 Å². The van der Waals surface area contributed by atoms with Crippen molar-refractivity contribution >= 4 is 5.91 Å². The smallest absolute Gasteiger partial charge is 0.227 e. The Morgan fingerprint density at radius 1 is 1.17 bits per heavy atom. The van der Waals surface area contributed by atoms with Gasteiger partial charge in [0.25, 0.3) is 0 Å². The molecule has 8 nitrogen and oxygen atoms in total. The predicted octanol–water partition coefficient (Wildman–Crippen LogP) is 3.35. The minimum Gasteiger partial charge on any atom is -0.368 e. The average molecular weight is 410 g/mol. The van der Waals surface area contributed by atoms with Crippen LogP contribution < -0.4 is 0 Å². The van der Waals surface area contributed by atoms with E-state index in [0.29, 0.717) is 25.5 Å². The number of amides is 1. The lowest BCUT2D eigenvalue weighted by Gasteiger charge is -2.33. The summed E-state index contributed by atoms with van der Waals surface area (Å²) in [6.07, 6.45) is 0.741. The Bertz CT molecular complexity index is 1040. The van der Waals surface area contributed by atoms with Crippen LogP contribution in [0.4, 0.5) is 0 Å². The molecule has 3 aromatic rings. The lowest BCUT2D eigenvalue weighted by atomic mass is 10.1. The van der Waals surface area contributed by atoms with E-state index in [0.717, 1.165) is 46.1 Å². The Morgan fingerprint density at radius 2 is 1.97 bits per heavy atom. The molecule has 0 aromatic carbocycles. The van der Waals surface area contributed by atoms with Crippen LogP contribution in [0.3, 0.4) is 0 Å². The van der Waals surface area contributed by atoms with Gasteiger partial charge in [0, 0.05) is 18.5 Å². The maximum atomic E-state index is 12.9. The highest BCUT2D eigenvalue weighted by atomic mass is 16.5. The van der Waals surface area contributed by atoms with Gasteiger partial charge in [-0.2, -0.15) is 0 Å². The van der Waals surface area contributed by atoms with Crippen molar-refractivity contribution in [2.75, 3.05) is 19.7 Å². The highest BCUT2D eigenvalue weighted by molar-refractivity contribution is 5.79. The van der Waals surface area contributed by atoms with Crippen molar-refractivity contribution in [1.82, 2.24) is 20.2 Å². The number of hydrogen-bond donors (Lipinski definition) is 0. The molecule has 0 radical (unpaired) electrons. The topological polar surface area (TPSA) is 94.5 Å². The van der Waals surface area contributed by atoms with Crippen molar-refractivity contribution in [2.24, 2.45) is 0 Å². The van der Waals surface area contributed by atoms with Crippen LogP contribution in [-0.2, 0) is 22.4 Å². The van der Waals surface area contributed by atoms with Crippen LogP contribution in [0.25, 0.3) is 11.3 Å². The molecule has 1 aliphatic heterocycles. The minimum atomic E-state index is -0.280. The largest absolute Gasteiger partial charge is 0.368 e. The fourth-order valence-electron chi connectivity index (χ4n) is 3.83. The summed E-state index contributed by atoms with van der Waals surface area (Å²) in [5.41, 5.74) is 4.98. The van der Waals surface area contributed by atoms with Crippen molar-refractivity contribution in [3.63, 3.8) is 0 Å². The molecule has 1 atom stereocenters. The van der Waals surface area contributed by atoms with E-state index in [2.05, 4.69) is 10.3 Å². The summed E-state index contributed by atoms with van der Waals surface area (Å²) in [4.78, 5) is 19.5. The zero-order valence-corrected chi connectivity index (χ0v) is 17.8. The molecule has 8 heteroatoms. The standard InChI is InChI=1S/C22H26N4O4/c1-5-19-22(14(3)25-30-19)18-8-6-7-17(23-18)20-12-26(9-10-28-20)21(27)11-16-13(2)24-29-15(16)4/h6-8,20H,5,9-12H2,1-4H3/t20-/m1/s1. The number of ether oxygens (including phenoxy) is 1. The summed E-state index contributed by atoms with van der Waals surface area (Å²) in [7, 11) is 0. The third-order valence-electron chi connectivity index (χ3n) is 5.54. The Hall–Kier alpha value is -3.00. The maximum Gasteiger partial charge on any atom is 0.227 e. The summed E-state index contributed by atoms with van der Waals surface area (Å²) in [5.74, 6) is 1.55. The van der Waals surface area contributed by atoms with Crippen LogP contribution in [0.2, 0.25) is 0 Å². The lowest BCUT2D eigenvalue weighted by molar-refractivity contribution is -0.138. The molecule has 0 saturated carbocycles. The summed E-state index contributed by atoms with van der Waals surface area (Å²) in [5, 5.41) is 8.02. The minimum absolute atomic E-state index is 0.0389. The van der Waals surface area contributed by atoms with E-state index in [1.165, 1.54) is 0 Å². The zero-order chi connectivity index (χ0) is 21.3. The Labute approximate surface area is 175 Å². The molecule has 0 N–H and O–H groups in total. The van der Waals surface area contributed by atoms with Crippen molar-refractivity contribution < 1.29 is 18.6 Å². The quantitative estimate of drug-likeness (QED) is 0.636. The number of morpholine rings is 1. The molecule has 0 spiro atoms. The summed E-state index contributed by atoms with van der Waals surface area (Å²) < 4.78 is 16.6. The van der Waals surface area contributed by atoms with Crippen LogP contribution in [0, 0.1) is 20.8 Å². The third-order valence-corrected chi connectivity index (χ3v) is 5.54. The van der Waals surface area contributed by atoms with E-state index in [1.807, 2.05) is 50.8 Å². The molecular weight excluding hydrogens is 384 g/mol. The molecule has 1 amide bonds. The van der Waals surface area contributed by atoms with Crippen LogP contribution in [0.5, 0.6) is 0 Å². The number of aryl methyl sites for hydroxylation is 4. The Kier molecular flexibility index (Phi) is 5.67. The molecule has 0 aliphatic carbocycles. The molecule has 3 aromatic heterocycles. The van der Waals surface area contributed by atoms with Gasteiger partial charge in [0.2, 0.25) is 5.91 Å². The molecule has 0 unspecified atom stereocenters. The summed E-state index contributed by atoms with van der Waals surface area (Å²) >= 11 is 0. The van der Waals surface area contributed by atoms with Crippen molar-refractivity contribution in [1.29, 1.82) is 0 Å². The molecule has 0 bridgehead atoms. The first-order chi connectivity index (χ1) is 14.5. The summed E-state index contributed by atoms with van der Waals surface area (Å²) in [6, 6.07) is 5.84. The fourth-order valence-corrected chi connectivity index (χ4v) is 3.83. The van der Waals surface area contributed by atoms with Gasteiger partial charge in [0.15, 0.2) is 0 Å². The molecule has 1 aliphatic rings. The van der Waals surface area contributed by atoms with E-state index in [-0.39, 0.29) is 18.4 Å². The van der Waals surface area contributed by atoms with Gasteiger partial charge in [0.1, 0.15) is 17.6 Å². The summed E-state index contributed by atoms with van der Waals surface area (Å²) in [6.45, 7) is 9.12. The fraction of sp³-hybridized carbons (Fsp3) is 0.455.